The molecule has 1 atom stereocenters. The van der Waals surface area contributed by atoms with E-state index in [1.165, 1.54) is 0 Å². The van der Waals surface area contributed by atoms with Crippen molar-refractivity contribution < 1.29 is 22.5 Å². The van der Waals surface area contributed by atoms with Crippen LogP contribution in [-0.4, -0.2) is 36.4 Å². The minimum absolute atomic E-state index is 0.172. The van der Waals surface area contributed by atoms with Crippen LogP contribution in [0.25, 0.3) is 0 Å². The monoisotopic (exact) mass is 299 g/mol. The Bertz CT molecular complexity index is 581. The van der Waals surface area contributed by atoms with Gasteiger partial charge in [-0.1, -0.05) is 17.7 Å². The molecule has 0 spiro atoms. The molecule has 0 amide bonds. The average Bonchev–Trinajstić information content (AvgIpc) is 2.41. The van der Waals surface area contributed by atoms with Gasteiger partial charge in [0.15, 0.2) is 0 Å². The molecule has 0 aromatic heterocycles. The SMILES string of the molecule is Cc1ccc(OS(=O)(=O)N2CCCC[C@@H]2C(=O)O)cc1. The third-order valence-corrected chi connectivity index (χ3v) is 4.66. The van der Waals surface area contributed by atoms with Crippen molar-refractivity contribution in [2.75, 3.05) is 6.54 Å². The number of piperidine rings is 1. The molecule has 20 heavy (non-hydrogen) atoms. The molecule has 0 bridgehead atoms. The molecule has 6 nitrogen and oxygen atoms in total. The predicted molar refractivity (Wildman–Crippen MR) is 72.7 cm³/mol. The molecule has 0 aliphatic carbocycles. The summed E-state index contributed by atoms with van der Waals surface area (Å²) in [7, 11) is -4.09. The van der Waals surface area contributed by atoms with Crippen molar-refractivity contribution in [3.8, 4) is 5.75 Å². The second-order valence-corrected chi connectivity index (χ2v) is 6.31. The number of carboxylic acid groups (broad SMARTS) is 1. The zero-order valence-corrected chi connectivity index (χ0v) is 12.0. The van der Waals surface area contributed by atoms with Crippen LogP contribution in [0.15, 0.2) is 24.3 Å². The average molecular weight is 299 g/mol. The lowest BCUT2D eigenvalue weighted by molar-refractivity contribution is -0.142. The second kappa shape index (κ2) is 5.80. The first-order chi connectivity index (χ1) is 9.40. The topological polar surface area (TPSA) is 83.9 Å². The number of aliphatic carboxylic acids is 1. The van der Waals surface area contributed by atoms with Gasteiger partial charge in [-0.25, -0.2) is 0 Å². The molecule has 0 saturated carbocycles. The Labute approximate surface area is 118 Å². The Hall–Kier alpha value is -1.60. The Morgan fingerprint density at radius 2 is 1.95 bits per heavy atom. The molecule has 110 valence electrons. The van der Waals surface area contributed by atoms with Gasteiger partial charge in [0.2, 0.25) is 0 Å². The number of hydrogen-bond acceptors (Lipinski definition) is 4. The molecule has 0 unspecified atom stereocenters. The third kappa shape index (κ3) is 3.29. The maximum absolute atomic E-state index is 12.2. The first-order valence-corrected chi connectivity index (χ1v) is 7.77. The number of nitrogens with zero attached hydrogens (tertiary/aromatic N) is 1. The lowest BCUT2D eigenvalue weighted by Gasteiger charge is -2.30. The molecule has 1 aromatic rings. The normalized spacial score (nSPS) is 20.6. The minimum Gasteiger partial charge on any atom is -0.480 e. The smallest absolute Gasteiger partial charge is 0.385 e. The van der Waals surface area contributed by atoms with Crippen molar-refractivity contribution in [1.82, 2.24) is 4.31 Å². The zero-order valence-electron chi connectivity index (χ0n) is 11.2. The maximum Gasteiger partial charge on any atom is 0.385 e. The summed E-state index contributed by atoms with van der Waals surface area (Å²) in [5, 5.41) is 9.11. The molecular weight excluding hydrogens is 282 g/mol. The molecule has 1 saturated heterocycles. The molecule has 1 aromatic carbocycles. The summed E-state index contributed by atoms with van der Waals surface area (Å²) in [6, 6.07) is 5.52. The van der Waals surface area contributed by atoms with Gasteiger partial charge in [0.1, 0.15) is 11.8 Å². The first kappa shape index (κ1) is 14.8. The summed E-state index contributed by atoms with van der Waals surface area (Å²) in [6.45, 7) is 2.05. The van der Waals surface area contributed by atoms with Crippen molar-refractivity contribution in [3.63, 3.8) is 0 Å². The predicted octanol–water partition coefficient (Wildman–Crippen LogP) is 1.56. The van der Waals surface area contributed by atoms with E-state index in [9.17, 15) is 13.2 Å². The van der Waals surface area contributed by atoms with E-state index in [1.54, 1.807) is 24.3 Å². The van der Waals surface area contributed by atoms with Crippen LogP contribution in [0.5, 0.6) is 5.75 Å². The van der Waals surface area contributed by atoms with Crippen molar-refractivity contribution in [3.05, 3.63) is 29.8 Å². The molecule has 7 heteroatoms. The van der Waals surface area contributed by atoms with E-state index in [1.807, 2.05) is 6.92 Å². The van der Waals surface area contributed by atoms with E-state index in [-0.39, 0.29) is 12.3 Å². The fourth-order valence-electron chi connectivity index (χ4n) is 2.18. The van der Waals surface area contributed by atoms with Crippen LogP contribution in [0.3, 0.4) is 0 Å². The van der Waals surface area contributed by atoms with Crippen molar-refractivity contribution in [2.45, 2.75) is 32.2 Å². The van der Waals surface area contributed by atoms with E-state index in [2.05, 4.69) is 0 Å². The minimum atomic E-state index is -4.09. The summed E-state index contributed by atoms with van der Waals surface area (Å²) < 4.78 is 30.3. The molecule has 0 radical (unpaired) electrons. The molecule has 1 aliphatic heterocycles. The summed E-state index contributed by atoms with van der Waals surface area (Å²) in [4.78, 5) is 11.1. The summed E-state index contributed by atoms with van der Waals surface area (Å²) >= 11 is 0. The number of benzene rings is 1. The zero-order chi connectivity index (χ0) is 14.8. The van der Waals surface area contributed by atoms with Gasteiger partial charge in [-0.15, -0.1) is 0 Å². The Morgan fingerprint density at radius 1 is 1.30 bits per heavy atom. The highest BCUT2D eigenvalue weighted by molar-refractivity contribution is 7.84. The fraction of sp³-hybridized carbons (Fsp3) is 0.462. The van der Waals surface area contributed by atoms with Crippen LogP contribution < -0.4 is 4.18 Å². The number of rotatable bonds is 4. The van der Waals surface area contributed by atoms with E-state index in [0.29, 0.717) is 19.3 Å². The van der Waals surface area contributed by atoms with Gasteiger partial charge in [-0.2, -0.15) is 12.7 Å². The molecule has 1 heterocycles. The standard InChI is InChI=1S/C13H17NO5S/c1-10-5-7-11(8-6-10)19-20(17,18)14-9-3-2-4-12(14)13(15)16/h5-8,12H,2-4,9H2,1H3,(H,15,16)/t12-/m1/s1. The lowest BCUT2D eigenvalue weighted by Crippen LogP contribution is -2.49. The van der Waals surface area contributed by atoms with Crippen LogP contribution >= 0.6 is 0 Å². The van der Waals surface area contributed by atoms with Gasteiger partial charge < -0.3 is 9.29 Å². The highest BCUT2D eigenvalue weighted by Gasteiger charge is 2.38. The van der Waals surface area contributed by atoms with Gasteiger partial charge in [0, 0.05) is 6.54 Å². The molecule has 1 N–H and O–H groups in total. The third-order valence-electron chi connectivity index (χ3n) is 3.25. The highest BCUT2D eigenvalue weighted by Crippen LogP contribution is 2.23. The highest BCUT2D eigenvalue weighted by atomic mass is 32.2. The van der Waals surface area contributed by atoms with E-state index < -0.39 is 22.3 Å². The molecule has 2 rings (SSSR count). The van der Waals surface area contributed by atoms with Crippen LogP contribution in [0.1, 0.15) is 24.8 Å². The van der Waals surface area contributed by atoms with Gasteiger partial charge in [0.05, 0.1) is 0 Å². The molecule has 1 fully saturated rings. The second-order valence-electron chi connectivity index (χ2n) is 4.81. The van der Waals surface area contributed by atoms with Crippen LogP contribution in [0.2, 0.25) is 0 Å². The summed E-state index contributed by atoms with van der Waals surface area (Å²) in [5.41, 5.74) is 0.983. The quantitative estimate of drug-likeness (QED) is 0.912. The van der Waals surface area contributed by atoms with E-state index in [0.717, 1.165) is 9.87 Å². The molecule has 1 aliphatic rings. The van der Waals surface area contributed by atoms with Crippen molar-refractivity contribution >= 4 is 16.3 Å². The Kier molecular flexibility index (Phi) is 4.29. The largest absolute Gasteiger partial charge is 0.480 e. The fourth-order valence-corrected chi connectivity index (χ4v) is 3.49. The van der Waals surface area contributed by atoms with Gasteiger partial charge >= 0.3 is 16.3 Å². The number of aryl methyl sites for hydroxylation is 1. The van der Waals surface area contributed by atoms with Gasteiger partial charge in [-0.05, 0) is 38.3 Å². The van der Waals surface area contributed by atoms with E-state index in [4.69, 9.17) is 9.29 Å². The van der Waals surface area contributed by atoms with Gasteiger partial charge in [-0.3, -0.25) is 4.79 Å². The summed E-state index contributed by atoms with van der Waals surface area (Å²) in [5.74, 6) is -0.953. The number of carbonyl (C=O) groups is 1. The van der Waals surface area contributed by atoms with Crippen LogP contribution in [0.4, 0.5) is 0 Å². The number of carboxylic acids is 1. The Morgan fingerprint density at radius 3 is 2.55 bits per heavy atom. The summed E-state index contributed by atoms with van der Waals surface area (Å²) in [6.07, 6.45) is 1.65. The molecular formula is C13H17NO5S. The van der Waals surface area contributed by atoms with Crippen molar-refractivity contribution in [1.29, 1.82) is 0 Å². The van der Waals surface area contributed by atoms with Crippen LogP contribution in [-0.2, 0) is 15.1 Å². The number of hydrogen-bond donors (Lipinski definition) is 1. The van der Waals surface area contributed by atoms with Gasteiger partial charge in [0.25, 0.3) is 0 Å². The van der Waals surface area contributed by atoms with Crippen LogP contribution in [0, 0.1) is 6.92 Å². The van der Waals surface area contributed by atoms with E-state index >= 15 is 0 Å². The lowest BCUT2D eigenvalue weighted by atomic mass is 10.1. The Balaban J connectivity index is 2.20. The van der Waals surface area contributed by atoms with Crippen molar-refractivity contribution in [2.24, 2.45) is 0 Å². The first-order valence-electron chi connectivity index (χ1n) is 6.41. The maximum atomic E-state index is 12.2.